The molecule has 104 valence electrons. The molecule has 0 N–H and O–H groups in total. The highest BCUT2D eigenvalue weighted by atomic mass is 35.5. The number of amides is 1. The second-order valence-corrected chi connectivity index (χ2v) is 5.47. The lowest BCUT2D eigenvalue weighted by atomic mass is 10.2. The average molecular weight is 301 g/mol. The number of carbonyl (C=O) groups is 1. The zero-order valence-corrected chi connectivity index (χ0v) is 12.3. The fraction of sp³-hybridized carbons (Fsp3) is 0.500. The largest absolute Gasteiger partial charge is 0.340 e. The Bertz CT molecular complexity index is 422. The average Bonchev–Trinajstić information content (AvgIpc) is 2.66. The summed E-state index contributed by atoms with van der Waals surface area (Å²) in [5.74, 6) is 0.118. The van der Waals surface area contributed by atoms with Crippen molar-refractivity contribution in [2.75, 3.05) is 32.1 Å². The third-order valence-electron chi connectivity index (χ3n) is 3.37. The summed E-state index contributed by atoms with van der Waals surface area (Å²) < 4.78 is 0. The number of hydrogen-bond acceptors (Lipinski definition) is 2. The molecular formula is C14H18Cl2N2O. The first-order valence-electron chi connectivity index (χ1n) is 6.49. The molecule has 0 saturated carbocycles. The minimum absolute atomic E-state index is 0.0370. The number of hydrogen-bond donors (Lipinski definition) is 0. The Morgan fingerprint density at radius 3 is 2.53 bits per heavy atom. The summed E-state index contributed by atoms with van der Waals surface area (Å²) in [6.45, 7) is 4.38. The van der Waals surface area contributed by atoms with Crippen molar-refractivity contribution < 1.29 is 4.79 Å². The Morgan fingerprint density at radius 2 is 1.84 bits per heavy atom. The zero-order valence-electron chi connectivity index (χ0n) is 10.8. The normalized spacial score (nSPS) is 17.3. The summed E-state index contributed by atoms with van der Waals surface area (Å²) in [4.78, 5) is 15.8. The maximum Gasteiger partial charge on any atom is 0.237 e. The van der Waals surface area contributed by atoms with Crippen LogP contribution in [0.2, 0.25) is 5.02 Å². The van der Waals surface area contributed by atoms with Crippen LogP contribution in [0.5, 0.6) is 0 Å². The molecule has 0 aliphatic carbocycles. The lowest BCUT2D eigenvalue weighted by Crippen LogP contribution is -2.35. The van der Waals surface area contributed by atoms with Crippen LogP contribution in [0.4, 0.5) is 0 Å². The van der Waals surface area contributed by atoms with Crippen LogP contribution >= 0.6 is 23.2 Å². The summed E-state index contributed by atoms with van der Waals surface area (Å²) in [5, 5.41) is 0.763. The van der Waals surface area contributed by atoms with E-state index in [0.717, 1.165) is 44.2 Å². The Morgan fingerprint density at radius 1 is 1.11 bits per heavy atom. The Labute approximate surface area is 124 Å². The van der Waals surface area contributed by atoms with E-state index in [9.17, 15) is 4.79 Å². The van der Waals surface area contributed by atoms with Crippen LogP contribution in [-0.2, 0) is 11.3 Å². The van der Waals surface area contributed by atoms with Crippen molar-refractivity contribution in [1.29, 1.82) is 0 Å². The van der Waals surface area contributed by atoms with Crippen LogP contribution in [0, 0.1) is 0 Å². The van der Waals surface area contributed by atoms with Gasteiger partial charge in [-0.25, -0.2) is 0 Å². The van der Waals surface area contributed by atoms with Gasteiger partial charge in [-0.2, -0.15) is 0 Å². The summed E-state index contributed by atoms with van der Waals surface area (Å²) in [6.07, 6.45) is 0.996. The van der Waals surface area contributed by atoms with Crippen LogP contribution in [-0.4, -0.2) is 47.8 Å². The molecule has 19 heavy (non-hydrogen) atoms. The molecule has 0 spiro atoms. The molecule has 1 aromatic carbocycles. The van der Waals surface area contributed by atoms with E-state index in [-0.39, 0.29) is 11.8 Å². The molecule has 0 bridgehead atoms. The fourth-order valence-corrected chi connectivity index (χ4v) is 2.61. The summed E-state index contributed by atoms with van der Waals surface area (Å²) in [6, 6.07) is 7.93. The lowest BCUT2D eigenvalue weighted by Gasteiger charge is -2.21. The van der Waals surface area contributed by atoms with Gasteiger partial charge in [-0.3, -0.25) is 9.69 Å². The van der Waals surface area contributed by atoms with Crippen molar-refractivity contribution in [2.24, 2.45) is 0 Å². The van der Waals surface area contributed by atoms with E-state index in [1.165, 1.54) is 5.56 Å². The van der Waals surface area contributed by atoms with Crippen LogP contribution < -0.4 is 0 Å². The number of nitrogens with zero attached hydrogens (tertiary/aromatic N) is 2. The van der Waals surface area contributed by atoms with Crippen LogP contribution in [0.3, 0.4) is 0 Å². The molecule has 3 nitrogen and oxygen atoms in total. The maximum atomic E-state index is 11.6. The lowest BCUT2D eigenvalue weighted by molar-refractivity contribution is -0.128. The molecule has 2 rings (SSSR count). The number of carbonyl (C=O) groups excluding carboxylic acids is 1. The molecule has 1 aliphatic heterocycles. The first-order valence-corrected chi connectivity index (χ1v) is 7.41. The molecule has 0 radical (unpaired) electrons. The van der Waals surface area contributed by atoms with E-state index in [4.69, 9.17) is 23.2 Å². The molecule has 0 aromatic heterocycles. The predicted molar refractivity (Wildman–Crippen MR) is 78.6 cm³/mol. The monoisotopic (exact) mass is 300 g/mol. The quantitative estimate of drug-likeness (QED) is 0.801. The van der Waals surface area contributed by atoms with E-state index in [2.05, 4.69) is 17.0 Å². The molecular weight excluding hydrogens is 283 g/mol. The van der Waals surface area contributed by atoms with E-state index in [1.807, 2.05) is 17.0 Å². The standard InChI is InChI=1S/C14H18Cl2N2O/c15-10-14(19)18-7-1-6-17(8-9-18)11-12-2-4-13(16)5-3-12/h2-5H,1,6-11H2. The third kappa shape index (κ3) is 4.37. The first-order chi connectivity index (χ1) is 9.19. The van der Waals surface area contributed by atoms with Crippen molar-refractivity contribution in [2.45, 2.75) is 13.0 Å². The van der Waals surface area contributed by atoms with Gasteiger partial charge in [-0.05, 0) is 24.1 Å². The van der Waals surface area contributed by atoms with Crippen molar-refractivity contribution >= 4 is 29.1 Å². The van der Waals surface area contributed by atoms with Crippen molar-refractivity contribution in [3.63, 3.8) is 0 Å². The Kier molecular flexibility index (Phi) is 5.49. The molecule has 0 atom stereocenters. The van der Waals surface area contributed by atoms with Gasteiger partial charge in [0.1, 0.15) is 5.88 Å². The van der Waals surface area contributed by atoms with Gasteiger partial charge in [0.25, 0.3) is 0 Å². The minimum Gasteiger partial charge on any atom is -0.340 e. The van der Waals surface area contributed by atoms with Crippen LogP contribution in [0.1, 0.15) is 12.0 Å². The molecule has 5 heteroatoms. The maximum absolute atomic E-state index is 11.6. The number of benzene rings is 1. The highest BCUT2D eigenvalue weighted by molar-refractivity contribution is 6.30. The van der Waals surface area contributed by atoms with E-state index < -0.39 is 0 Å². The van der Waals surface area contributed by atoms with Crippen molar-refractivity contribution in [1.82, 2.24) is 9.80 Å². The molecule has 0 unspecified atom stereocenters. The van der Waals surface area contributed by atoms with Crippen LogP contribution in [0.15, 0.2) is 24.3 Å². The second-order valence-electron chi connectivity index (χ2n) is 4.77. The molecule has 1 aliphatic rings. The van der Waals surface area contributed by atoms with Gasteiger partial charge in [-0.1, -0.05) is 23.7 Å². The van der Waals surface area contributed by atoms with Crippen molar-refractivity contribution in [3.8, 4) is 0 Å². The summed E-state index contributed by atoms with van der Waals surface area (Å²) >= 11 is 11.5. The topological polar surface area (TPSA) is 23.6 Å². The Balaban J connectivity index is 1.89. The fourth-order valence-electron chi connectivity index (χ4n) is 2.31. The van der Waals surface area contributed by atoms with Gasteiger partial charge in [0.2, 0.25) is 5.91 Å². The predicted octanol–water partition coefficient (Wildman–Crippen LogP) is 2.61. The van der Waals surface area contributed by atoms with Gasteiger partial charge in [0.15, 0.2) is 0 Å². The van der Waals surface area contributed by atoms with Gasteiger partial charge in [-0.15, -0.1) is 11.6 Å². The summed E-state index contributed by atoms with van der Waals surface area (Å²) in [5.41, 5.74) is 1.25. The van der Waals surface area contributed by atoms with E-state index in [0.29, 0.717) is 0 Å². The number of alkyl halides is 1. The number of halogens is 2. The number of rotatable bonds is 3. The molecule has 1 fully saturated rings. The first kappa shape index (κ1) is 14.6. The Hall–Kier alpha value is -0.770. The molecule has 1 saturated heterocycles. The minimum atomic E-state index is 0.0370. The van der Waals surface area contributed by atoms with Crippen molar-refractivity contribution in [3.05, 3.63) is 34.9 Å². The van der Waals surface area contributed by atoms with Gasteiger partial charge in [0, 0.05) is 37.7 Å². The highest BCUT2D eigenvalue weighted by Crippen LogP contribution is 2.13. The van der Waals surface area contributed by atoms with E-state index in [1.54, 1.807) is 0 Å². The zero-order chi connectivity index (χ0) is 13.7. The highest BCUT2D eigenvalue weighted by Gasteiger charge is 2.18. The second kappa shape index (κ2) is 7.13. The molecule has 1 heterocycles. The third-order valence-corrected chi connectivity index (χ3v) is 3.86. The molecule has 1 amide bonds. The smallest absolute Gasteiger partial charge is 0.237 e. The van der Waals surface area contributed by atoms with Gasteiger partial charge >= 0.3 is 0 Å². The SMILES string of the molecule is O=C(CCl)N1CCCN(Cc2ccc(Cl)cc2)CC1. The molecule has 1 aromatic rings. The summed E-state index contributed by atoms with van der Waals surface area (Å²) in [7, 11) is 0. The van der Waals surface area contributed by atoms with Gasteiger partial charge < -0.3 is 4.90 Å². The van der Waals surface area contributed by atoms with Crippen LogP contribution in [0.25, 0.3) is 0 Å². The van der Waals surface area contributed by atoms with Gasteiger partial charge in [0.05, 0.1) is 0 Å². The van der Waals surface area contributed by atoms with E-state index >= 15 is 0 Å².